The highest BCUT2D eigenvalue weighted by atomic mass is 16.8. The Morgan fingerprint density at radius 1 is 1.30 bits per heavy atom. The van der Waals surface area contributed by atoms with Gasteiger partial charge in [0.05, 0.1) is 18.2 Å². The Morgan fingerprint density at radius 2 is 2.00 bits per heavy atom. The van der Waals surface area contributed by atoms with Crippen LogP contribution in [0.5, 0.6) is 0 Å². The number of hydrazine groups is 1. The lowest BCUT2D eigenvalue weighted by Gasteiger charge is -2.25. The number of benzene rings is 2. The minimum absolute atomic E-state index is 0.114. The molecule has 1 aliphatic rings. The Morgan fingerprint density at radius 3 is 2.70 bits per heavy atom. The molecular weight excluding hydrogens is 294 g/mol. The van der Waals surface area contributed by atoms with Gasteiger partial charge in [-0.15, -0.1) is 0 Å². The lowest BCUT2D eigenvalue weighted by molar-refractivity contribution is -0.991. The molecule has 3 rings (SSSR count). The Balaban J connectivity index is 1.66. The monoisotopic (exact) mass is 313 g/mol. The average Bonchev–Trinajstić information content (AvgIpc) is 2.84. The zero-order chi connectivity index (χ0) is 16.4. The standard InChI is InChI=1S/C17H19N3O3/c1-12-10-14-4-2-3-5-16(14)19(12)18-17(21)11-13-6-8-15(9-7-13)20(22)23/h2-9,12,20,22H,10-11H2,1H3,(H,18,21)/t12-/m0/s1. The predicted octanol–water partition coefficient (Wildman–Crippen LogP) is 1.11. The fourth-order valence-corrected chi connectivity index (χ4v) is 2.86. The first-order valence-electron chi connectivity index (χ1n) is 7.53. The van der Waals surface area contributed by atoms with Crippen LogP contribution in [-0.4, -0.2) is 17.2 Å². The number of anilines is 1. The van der Waals surface area contributed by atoms with Crippen LogP contribution in [0.3, 0.4) is 0 Å². The van der Waals surface area contributed by atoms with E-state index in [9.17, 15) is 10.0 Å². The third-order valence-electron chi connectivity index (χ3n) is 4.02. The molecule has 3 N–H and O–H groups in total. The van der Waals surface area contributed by atoms with Crippen molar-refractivity contribution >= 4 is 17.3 Å². The van der Waals surface area contributed by atoms with Crippen molar-refractivity contribution in [2.45, 2.75) is 25.8 Å². The van der Waals surface area contributed by atoms with Gasteiger partial charge < -0.3 is 5.21 Å². The van der Waals surface area contributed by atoms with Crippen LogP contribution in [0.15, 0.2) is 48.5 Å². The number of amides is 1. The second-order valence-electron chi connectivity index (χ2n) is 5.77. The molecule has 120 valence electrons. The minimum Gasteiger partial charge on any atom is -0.595 e. The largest absolute Gasteiger partial charge is 0.595 e. The first-order valence-corrected chi connectivity index (χ1v) is 7.53. The number of hydrogen-bond donors (Lipinski definition) is 3. The van der Waals surface area contributed by atoms with Crippen molar-refractivity contribution in [3.8, 4) is 0 Å². The van der Waals surface area contributed by atoms with Gasteiger partial charge in [0.1, 0.15) is 0 Å². The molecule has 6 heteroatoms. The van der Waals surface area contributed by atoms with Gasteiger partial charge in [0.25, 0.3) is 0 Å². The third kappa shape index (κ3) is 3.34. The molecule has 0 fully saturated rings. The molecule has 0 spiro atoms. The molecular formula is C17H19N3O3. The normalized spacial score (nSPS) is 17.7. The quantitative estimate of drug-likeness (QED) is 0.739. The van der Waals surface area contributed by atoms with E-state index in [0.29, 0.717) is 0 Å². The van der Waals surface area contributed by atoms with Gasteiger partial charge >= 0.3 is 0 Å². The van der Waals surface area contributed by atoms with Crippen molar-refractivity contribution in [3.05, 3.63) is 64.9 Å². The number of rotatable bonds is 4. The van der Waals surface area contributed by atoms with Crippen molar-refractivity contribution in [1.82, 2.24) is 5.43 Å². The van der Waals surface area contributed by atoms with Crippen LogP contribution in [0, 0.1) is 5.21 Å². The Hall–Kier alpha value is -2.41. The smallest absolute Gasteiger partial charge is 0.242 e. The molecule has 6 nitrogen and oxygen atoms in total. The summed E-state index contributed by atoms with van der Waals surface area (Å²) < 4.78 is 0. The summed E-state index contributed by atoms with van der Waals surface area (Å²) >= 11 is 0. The molecule has 1 unspecified atom stereocenters. The SMILES string of the molecule is C[C@H]1Cc2ccccc2N1NC(=O)Cc1ccc([NH+]([O-])O)cc1. The molecule has 2 aromatic carbocycles. The number of para-hydroxylation sites is 1. The number of fused-ring (bicyclic) bond motifs is 1. The molecule has 23 heavy (non-hydrogen) atoms. The molecule has 1 aliphatic heterocycles. The number of nitrogens with zero attached hydrogens (tertiary/aromatic N) is 1. The number of hydrogen-bond acceptors (Lipinski definition) is 4. The molecule has 1 amide bonds. The van der Waals surface area contributed by atoms with Crippen LogP contribution in [0.1, 0.15) is 18.1 Å². The van der Waals surface area contributed by atoms with Crippen molar-refractivity contribution in [2.24, 2.45) is 0 Å². The van der Waals surface area contributed by atoms with Gasteiger partial charge in [0.15, 0.2) is 5.69 Å². The zero-order valence-electron chi connectivity index (χ0n) is 12.8. The van der Waals surface area contributed by atoms with E-state index in [4.69, 9.17) is 5.21 Å². The Bertz CT molecular complexity index is 700. The van der Waals surface area contributed by atoms with Gasteiger partial charge in [-0.3, -0.25) is 15.2 Å². The average molecular weight is 313 g/mol. The molecule has 0 aliphatic carbocycles. The summed E-state index contributed by atoms with van der Waals surface area (Å²) in [5.41, 5.74) is 6.22. The summed E-state index contributed by atoms with van der Waals surface area (Å²) in [4.78, 5) is 12.3. The van der Waals surface area contributed by atoms with Crippen molar-refractivity contribution in [1.29, 1.82) is 0 Å². The summed E-state index contributed by atoms with van der Waals surface area (Å²) in [5, 5.41) is 20.7. The van der Waals surface area contributed by atoms with Crippen LogP contribution in [0.2, 0.25) is 0 Å². The maximum Gasteiger partial charge on any atom is 0.242 e. The number of nitrogens with one attached hydrogen (secondary N) is 2. The maximum absolute atomic E-state index is 12.3. The highest BCUT2D eigenvalue weighted by molar-refractivity contribution is 5.81. The van der Waals surface area contributed by atoms with Gasteiger partial charge in [-0.25, -0.2) is 5.21 Å². The fourth-order valence-electron chi connectivity index (χ4n) is 2.86. The summed E-state index contributed by atoms with van der Waals surface area (Å²) in [6.07, 6.45) is 1.12. The van der Waals surface area contributed by atoms with E-state index >= 15 is 0 Å². The highest BCUT2D eigenvalue weighted by Gasteiger charge is 2.26. The van der Waals surface area contributed by atoms with Crippen molar-refractivity contribution < 1.29 is 15.2 Å². The zero-order valence-corrected chi connectivity index (χ0v) is 12.8. The highest BCUT2D eigenvalue weighted by Crippen LogP contribution is 2.29. The third-order valence-corrected chi connectivity index (χ3v) is 4.02. The molecule has 0 radical (unpaired) electrons. The molecule has 0 bridgehead atoms. The maximum atomic E-state index is 12.3. The molecule has 2 atom stereocenters. The topological polar surface area (TPSA) is 80.1 Å². The van der Waals surface area contributed by atoms with E-state index < -0.39 is 5.23 Å². The Kier molecular flexibility index (Phi) is 4.29. The van der Waals surface area contributed by atoms with E-state index in [0.717, 1.165) is 17.7 Å². The minimum atomic E-state index is -0.969. The van der Waals surface area contributed by atoms with Crippen LogP contribution in [-0.2, 0) is 17.6 Å². The summed E-state index contributed by atoms with van der Waals surface area (Å²) in [6.45, 7) is 2.07. The molecule has 0 saturated heterocycles. The second kappa shape index (κ2) is 6.37. The lowest BCUT2D eigenvalue weighted by Crippen LogP contribution is -2.99. The Labute approximate surface area is 134 Å². The van der Waals surface area contributed by atoms with E-state index in [2.05, 4.69) is 18.4 Å². The van der Waals surface area contributed by atoms with Crippen molar-refractivity contribution in [2.75, 3.05) is 5.01 Å². The van der Waals surface area contributed by atoms with Crippen molar-refractivity contribution in [3.63, 3.8) is 0 Å². The van der Waals surface area contributed by atoms with Gasteiger partial charge in [0, 0.05) is 12.1 Å². The van der Waals surface area contributed by atoms with E-state index in [1.165, 1.54) is 17.7 Å². The number of quaternary nitrogens is 1. The van der Waals surface area contributed by atoms with E-state index in [1.54, 1.807) is 12.1 Å². The van der Waals surface area contributed by atoms with E-state index in [1.807, 2.05) is 23.2 Å². The summed E-state index contributed by atoms with van der Waals surface area (Å²) in [7, 11) is 0. The lowest BCUT2D eigenvalue weighted by atomic mass is 10.1. The number of carbonyl (C=O) groups is 1. The number of carbonyl (C=O) groups excluding carboxylic acids is 1. The second-order valence-corrected chi connectivity index (χ2v) is 5.77. The summed E-state index contributed by atoms with van der Waals surface area (Å²) in [5.74, 6) is -0.114. The van der Waals surface area contributed by atoms with Crippen LogP contribution in [0.25, 0.3) is 0 Å². The predicted molar refractivity (Wildman–Crippen MR) is 86.2 cm³/mol. The summed E-state index contributed by atoms with van der Waals surface area (Å²) in [6, 6.07) is 14.6. The van der Waals surface area contributed by atoms with Gasteiger partial charge in [-0.2, -0.15) is 5.23 Å². The molecule has 0 aromatic heterocycles. The van der Waals surface area contributed by atoms with Crippen LogP contribution < -0.4 is 15.7 Å². The van der Waals surface area contributed by atoms with Gasteiger partial charge in [-0.05, 0) is 30.5 Å². The first kappa shape index (κ1) is 15.5. The fraction of sp³-hybridized carbons (Fsp3) is 0.235. The first-order chi connectivity index (χ1) is 11.0. The molecule has 0 saturated carbocycles. The van der Waals surface area contributed by atoms with Gasteiger partial charge in [0.2, 0.25) is 5.91 Å². The molecule has 2 aromatic rings. The van der Waals surface area contributed by atoms with Gasteiger partial charge in [-0.1, -0.05) is 30.3 Å². The van der Waals surface area contributed by atoms with E-state index in [-0.39, 0.29) is 24.1 Å². The van der Waals surface area contributed by atoms with Crippen LogP contribution >= 0.6 is 0 Å². The molecule has 1 heterocycles. The van der Waals surface area contributed by atoms with Crippen LogP contribution in [0.4, 0.5) is 11.4 Å².